The Morgan fingerprint density at radius 1 is 1.00 bits per heavy atom. The summed E-state index contributed by atoms with van der Waals surface area (Å²) in [5.41, 5.74) is 2.16. The van der Waals surface area contributed by atoms with Gasteiger partial charge in [-0.3, -0.25) is 9.59 Å². The van der Waals surface area contributed by atoms with Gasteiger partial charge in [0.25, 0.3) is 0 Å². The molecule has 120 valence electrons. The van der Waals surface area contributed by atoms with Gasteiger partial charge in [-0.15, -0.1) is 0 Å². The third-order valence-electron chi connectivity index (χ3n) is 3.41. The standard InChI is InChI=1S/C18H19FN2O2/c1-13-6-2-5-9-16(13)21-18(23)12-17(22)20-11-10-14-7-3-4-8-15(14)19/h2-9H,10-12H2,1H3,(H,20,22)(H,21,23). The number of para-hydroxylation sites is 1. The average Bonchev–Trinajstić information content (AvgIpc) is 2.51. The highest BCUT2D eigenvalue weighted by Crippen LogP contribution is 2.13. The van der Waals surface area contributed by atoms with Crippen LogP contribution in [0.1, 0.15) is 17.5 Å². The Labute approximate surface area is 134 Å². The molecule has 0 heterocycles. The Balaban J connectivity index is 1.75. The summed E-state index contributed by atoms with van der Waals surface area (Å²) in [6.45, 7) is 2.17. The summed E-state index contributed by atoms with van der Waals surface area (Å²) >= 11 is 0. The van der Waals surface area contributed by atoms with E-state index < -0.39 is 0 Å². The Kier molecular flexibility index (Phi) is 5.86. The van der Waals surface area contributed by atoms with E-state index in [1.807, 2.05) is 25.1 Å². The molecule has 0 aromatic heterocycles. The van der Waals surface area contributed by atoms with Gasteiger partial charge >= 0.3 is 0 Å². The number of carbonyl (C=O) groups excluding carboxylic acids is 2. The summed E-state index contributed by atoms with van der Waals surface area (Å²) < 4.78 is 13.4. The van der Waals surface area contributed by atoms with Crippen LogP contribution in [0.4, 0.5) is 10.1 Å². The highest BCUT2D eigenvalue weighted by Gasteiger charge is 2.10. The number of halogens is 1. The predicted octanol–water partition coefficient (Wildman–Crippen LogP) is 2.82. The number of nitrogens with one attached hydrogen (secondary N) is 2. The molecule has 0 aliphatic rings. The molecule has 2 aromatic carbocycles. The Morgan fingerprint density at radius 3 is 2.43 bits per heavy atom. The molecule has 0 unspecified atom stereocenters. The van der Waals surface area contributed by atoms with Crippen molar-refractivity contribution >= 4 is 17.5 Å². The second-order valence-electron chi connectivity index (χ2n) is 5.23. The van der Waals surface area contributed by atoms with Crippen LogP contribution in [0.15, 0.2) is 48.5 Å². The fourth-order valence-electron chi connectivity index (χ4n) is 2.15. The van der Waals surface area contributed by atoms with Crippen LogP contribution >= 0.6 is 0 Å². The maximum absolute atomic E-state index is 13.4. The third-order valence-corrected chi connectivity index (χ3v) is 3.41. The van der Waals surface area contributed by atoms with E-state index in [0.717, 1.165) is 5.56 Å². The quantitative estimate of drug-likeness (QED) is 0.806. The molecule has 4 nitrogen and oxygen atoms in total. The van der Waals surface area contributed by atoms with Gasteiger partial charge in [-0.05, 0) is 36.6 Å². The predicted molar refractivity (Wildman–Crippen MR) is 87.5 cm³/mol. The largest absolute Gasteiger partial charge is 0.355 e. The fourth-order valence-corrected chi connectivity index (χ4v) is 2.15. The molecule has 2 N–H and O–H groups in total. The van der Waals surface area contributed by atoms with Crippen molar-refractivity contribution in [2.24, 2.45) is 0 Å². The molecule has 0 spiro atoms. The van der Waals surface area contributed by atoms with E-state index >= 15 is 0 Å². The van der Waals surface area contributed by atoms with Crippen molar-refractivity contribution in [3.63, 3.8) is 0 Å². The number of anilines is 1. The van der Waals surface area contributed by atoms with Gasteiger partial charge < -0.3 is 10.6 Å². The highest BCUT2D eigenvalue weighted by molar-refractivity contribution is 6.03. The van der Waals surface area contributed by atoms with Crippen molar-refractivity contribution in [3.8, 4) is 0 Å². The molecule has 0 fully saturated rings. The SMILES string of the molecule is Cc1ccccc1NC(=O)CC(=O)NCCc1ccccc1F. The molecular weight excluding hydrogens is 295 g/mol. The molecule has 2 aromatic rings. The Morgan fingerprint density at radius 2 is 1.70 bits per heavy atom. The summed E-state index contributed by atoms with van der Waals surface area (Å²) in [7, 11) is 0. The van der Waals surface area contributed by atoms with Crippen LogP contribution in [0.25, 0.3) is 0 Å². The Bertz CT molecular complexity index is 701. The minimum Gasteiger partial charge on any atom is -0.355 e. The lowest BCUT2D eigenvalue weighted by Gasteiger charge is -2.09. The lowest BCUT2D eigenvalue weighted by atomic mass is 10.1. The molecule has 23 heavy (non-hydrogen) atoms. The topological polar surface area (TPSA) is 58.2 Å². The van der Waals surface area contributed by atoms with Gasteiger partial charge in [0.05, 0.1) is 0 Å². The van der Waals surface area contributed by atoms with Gasteiger partial charge in [-0.1, -0.05) is 36.4 Å². The van der Waals surface area contributed by atoms with Crippen LogP contribution in [0.5, 0.6) is 0 Å². The third kappa shape index (κ3) is 5.21. The zero-order chi connectivity index (χ0) is 16.7. The zero-order valence-corrected chi connectivity index (χ0v) is 12.9. The molecular formula is C18H19FN2O2. The van der Waals surface area contributed by atoms with E-state index in [9.17, 15) is 14.0 Å². The number of benzene rings is 2. The second-order valence-corrected chi connectivity index (χ2v) is 5.23. The van der Waals surface area contributed by atoms with E-state index in [2.05, 4.69) is 10.6 Å². The molecule has 0 atom stereocenters. The first kappa shape index (κ1) is 16.7. The molecule has 2 rings (SSSR count). The average molecular weight is 314 g/mol. The smallest absolute Gasteiger partial charge is 0.233 e. The number of amides is 2. The van der Waals surface area contributed by atoms with E-state index in [1.165, 1.54) is 6.07 Å². The summed E-state index contributed by atoms with van der Waals surface area (Å²) in [5.74, 6) is -1.05. The number of hydrogen-bond donors (Lipinski definition) is 2. The van der Waals surface area contributed by atoms with Crippen molar-refractivity contribution in [1.82, 2.24) is 5.32 Å². The Hall–Kier alpha value is -2.69. The molecule has 5 heteroatoms. The first-order chi connectivity index (χ1) is 11.1. The normalized spacial score (nSPS) is 10.2. The van der Waals surface area contributed by atoms with Crippen LogP contribution in [-0.2, 0) is 16.0 Å². The van der Waals surface area contributed by atoms with Crippen molar-refractivity contribution in [2.45, 2.75) is 19.8 Å². The molecule has 0 aliphatic carbocycles. The maximum atomic E-state index is 13.4. The summed E-state index contributed by atoms with van der Waals surface area (Å²) in [4.78, 5) is 23.6. The molecule has 0 saturated carbocycles. The van der Waals surface area contributed by atoms with Crippen LogP contribution in [0.2, 0.25) is 0 Å². The molecule has 0 aliphatic heterocycles. The van der Waals surface area contributed by atoms with Crippen molar-refractivity contribution in [3.05, 3.63) is 65.5 Å². The van der Waals surface area contributed by atoms with Gasteiger partial charge in [0, 0.05) is 12.2 Å². The molecule has 0 radical (unpaired) electrons. The van der Waals surface area contributed by atoms with E-state index in [-0.39, 0.29) is 30.6 Å². The number of hydrogen-bond acceptors (Lipinski definition) is 2. The van der Waals surface area contributed by atoms with Crippen LogP contribution in [0.3, 0.4) is 0 Å². The lowest BCUT2D eigenvalue weighted by Crippen LogP contribution is -2.29. The van der Waals surface area contributed by atoms with Crippen LogP contribution < -0.4 is 10.6 Å². The minimum absolute atomic E-state index is 0.258. The first-order valence-electron chi connectivity index (χ1n) is 7.42. The number of carbonyl (C=O) groups is 2. The van der Waals surface area contributed by atoms with Gasteiger partial charge in [0.15, 0.2) is 0 Å². The molecule has 2 amide bonds. The summed E-state index contributed by atoms with van der Waals surface area (Å²) in [6.07, 6.45) is 0.128. The van der Waals surface area contributed by atoms with Gasteiger partial charge in [0.2, 0.25) is 11.8 Å². The highest BCUT2D eigenvalue weighted by atomic mass is 19.1. The number of aryl methyl sites for hydroxylation is 1. The monoisotopic (exact) mass is 314 g/mol. The maximum Gasteiger partial charge on any atom is 0.233 e. The van der Waals surface area contributed by atoms with Crippen molar-refractivity contribution in [2.75, 3.05) is 11.9 Å². The fraction of sp³-hybridized carbons (Fsp3) is 0.222. The minimum atomic E-state index is -0.382. The zero-order valence-electron chi connectivity index (χ0n) is 12.9. The second kappa shape index (κ2) is 8.08. The first-order valence-corrected chi connectivity index (χ1v) is 7.42. The molecule has 0 saturated heterocycles. The number of rotatable bonds is 6. The van der Waals surface area contributed by atoms with E-state index in [4.69, 9.17) is 0 Å². The van der Waals surface area contributed by atoms with Crippen molar-refractivity contribution < 1.29 is 14.0 Å². The van der Waals surface area contributed by atoms with Gasteiger partial charge in [0.1, 0.15) is 12.2 Å². The summed E-state index contributed by atoms with van der Waals surface area (Å²) in [6, 6.07) is 13.8. The lowest BCUT2D eigenvalue weighted by molar-refractivity contribution is -0.126. The molecule has 0 bridgehead atoms. The van der Waals surface area contributed by atoms with Crippen LogP contribution in [-0.4, -0.2) is 18.4 Å². The van der Waals surface area contributed by atoms with E-state index in [1.54, 1.807) is 24.3 Å². The van der Waals surface area contributed by atoms with Gasteiger partial charge in [-0.2, -0.15) is 0 Å². The summed E-state index contributed by atoms with van der Waals surface area (Å²) in [5, 5.41) is 5.32. The van der Waals surface area contributed by atoms with Crippen molar-refractivity contribution in [1.29, 1.82) is 0 Å². The van der Waals surface area contributed by atoms with Gasteiger partial charge in [-0.25, -0.2) is 4.39 Å². The van der Waals surface area contributed by atoms with E-state index in [0.29, 0.717) is 17.7 Å². The van der Waals surface area contributed by atoms with Crippen LogP contribution in [0, 0.1) is 12.7 Å².